The van der Waals surface area contributed by atoms with Gasteiger partial charge in [-0.3, -0.25) is 0 Å². The van der Waals surface area contributed by atoms with E-state index >= 15 is 0 Å². The number of rotatable bonds is 1. The zero-order valence-corrected chi connectivity index (χ0v) is 10.3. The fourth-order valence-electron chi connectivity index (χ4n) is 1.13. The van der Waals surface area contributed by atoms with Gasteiger partial charge in [-0.2, -0.15) is 0 Å². The molecule has 0 spiro atoms. The van der Waals surface area contributed by atoms with Crippen LogP contribution < -0.4 is 4.80 Å². The molecule has 1 aromatic heterocycles. The third-order valence-corrected chi connectivity index (χ3v) is 3.36. The highest BCUT2D eigenvalue weighted by Gasteiger charge is 2.03. The van der Waals surface area contributed by atoms with Crippen molar-refractivity contribution in [3.05, 3.63) is 44.6 Å². The minimum Gasteiger partial charge on any atom is -0.327 e. The topological polar surface area (TPSA) is 17.3 Å². The molecule has 0 atom stereocenters. The monoisotopic (exact) mass is 258 g/mol. The van der Waals surface area contributed by atoms with Gasteiger partial charge in [0.1, 0.15) is 5.69 Å². The molecule has 0 radical (unpaired) electrons. The van der Waals surface area contributed by atoms with Crippen LogP contribution in [0.15, 0.2) is 34.8 Å². The number of hydrogen-bond acceptors (Lipinski definition) is 2. The molecule has 0 amide bonds. The Kier molecular flexibility index (Phi) is 3.14. The van der Waals surface area contributed by atoms with Gasteiger partial charge in [-0.25, -0.2) is 4.99 Å². The van der Waals surface area contributed by atoms with Gasteiger partial charge in [0, 0.05) is 18.6 Å². The minimum atomic E-state index is 0.566. The molecule has 15 heavy (non-hydrogen) atoms. The Morgan fingerprint density at radius 1 is 1.27 bits per heavy atom. The SMILES string of the molecule is Cn1ccsc1=Nc1c(Cl)cccc1Cl. The maximum Gasteiger partial charge on any atom is 0.189 e. The van der Waals surface area contributed by atoms with Crippen LogP contribution in [0.3, 0.4) is 0 Å². The van der Waals surface area contributed by atoms with Crippen LogP contribution in [-0.2, 0) is 7.05 Å². The van der Waals surface area contributed by atoms with E-state index in [4.69, 9.17) is 23.2 Å². The average molecular weight is 259 g/mol. The Hall–Kier alpha value is -0.770. The molecule has 2 aromatic rings. The third kappa shape index (κ3) is 2.25. The number of benzene rings is 1. The number of hydrogen-bond donors (Lipinski definition) is 0. The van der Waals surface area contributed by atoms with Crippen molar-refractivity contribution < 1.29 is 0 Å². The Balaban J connectivity index is 2.62. The van der Waals surface area contributed by atoms with Crippen LogP contribution in [0.2, 0.25) is 10.0 Å². The quantitative estimate of drug-likeness (QED) is 0.744. The average Bonchev–Trinajstić information content (AvgIpc) is 2.58. The van der Waals surface area contributed by atoms with Gasteiger partial charge in [0.2, 0.25) is 0 Å². The number of aromatic nitrogens is 1. The molecule has 0 saturated heterocycles. The zero-order valence-electron chi connectivity index (χ0n) is 7.95. The van der Waals surface area contributed by atoms with Crippen molar-refractivity contribution in [1.82, 2.24) is 4.57 Å². The standard InChI is InChI=1S/C10H8Cl2N2S/c1-14-5-6-15-10(14)13-9-7(11)3-2-4-8(9)12/h2-6H,1H3. The van der Waals surface area contributed by atoms with Gasteiger partial charge in [-0.05, 0) is 12.1 Å². The first-order valence-corrected chi connectivity index (χ1v) is 5.91. The Labute approximate surface area is 101 Å². The molecule has 1 aromatic carbocycles. The fraction of sp³-hybridized carbons (Fsp3) is 0.100. The molecule has 0 fully saturated rings. The largest absolute Gasteiger partial charge is 0.327 e. The van der Waals surface area contributed by atoms with E-state index < -0.39 is 0 Å². The lowest BCUT2D eigenvalue weighted by Crippen LogP contribution is -2.08. The van der Waals surface area contributed by atoms with Crippen LogP contribution in [0.1, 0.15) is 0 Å². The van der Waals surface area contributed by atoms with Crippen LogP contribution in [0.4, 0.5) is 5.69 Å². The summed E-state index contributed by atoms with van der Waals surface area (Å²) >= 11 is 13.6. The maximum absolute atomic E-state index is 6.02. The van der Waals surface area contributed by atoms with Gasteiger partial charge < -0.3 is 4.57 Å². The van der Waals surface area contributed by atoms with Gasteiger partial charge in [-0.15, -0.1) is 11.3 Å². The normalized spacial score (nSPS) is 12.1. The lowest BCUT2D eigenvalue weighted by atomic mass is 10.3. The first kappa shape index (κ1) is 10.7. The molecule has 5 heteroatoms. The highest BCUT2D eigenvalue weighted by Crippen LogP contribution is 2.31. The number of para-hydroxylation sites is 1. The predicted molar refractivity (Wildman–Crippen MR) is 65.0 cm³/mol. The van der Waals surface area contributed by atoms with Crippen molar-refractivity contribution in [3.63, 3.8) is 0 Å². The van der Waals surface area contributed by atoms with E-state index in [-0.39, 0.29) is 0 Å². The van der Waals surface area contributed by atoms with Crippen molar-refractivity contribution in [1.29, 1.82) is 0 Å². The van der Waals surface area contributed by atoms with Crippen molar-refractivity contribution in [2.24, 2.45) is 12.0 Å². The Morgan fingerprint density at radius 3 is 2.47 bits per heavy atom. The second-order valence-corrected chi connectivity index (χ2v) is 4.67. The second-order valence-electron chi connectivity index (χ2n) is 2.98. The molecule has 78 valence electrons. The molecule has 0 aliphatic carbocycles. The first-order chi connectivity index (χ1) is 7.18. The van der Waals surface area contributed by atoms with Crippen LogP contribution in [0.25, 0.3) is 0 Å². The van der Waals surface area contributed by atoms with Crippen LogP contribution in [0.5, 0.6) is 0 Å². The second kappa shape index (κ2) is 4.39. The van der Waals surface area contributed by atoms with E-state index in [0.29, 0.717) is 15.7 Å². The van der Waals surface area contributed by atoms with E-state index in [2.05, 4.69) is 4.99 Å². The number of halogens is 2. The first-order valence-electron chi connectivity index (χ1n) is 4.27. The lowest BCUT2D eigenvalue weighted by Gasteiger charge is -1.99. The van der Waals surface area contributed by atoms with Crippen molar-refractivity contribution in [2.75, 3.05) is 0 Å². The van der Waals surface area contributed by atoms with Crippen molar-refractivity contribution in [2.45, 2.75) is 0 Å². The molecule has 1 heterocycles. The summed E-state index contributed by atoms with van der Waals surface area (Å²) in [5.74, 6) is 0. The Bertz CT molecular complexity index is 522. The zero-order chi connectivity index (χ0) is 10.8. The summed E-state index contributed by atoms with van der Waals surface area (Å²) in [5.41, 5.74) is 0.624. The van der Waals surface area contributed by atoms with Gasteiger partial charge in [-0.1, -0.05) is 29.3 Å². The summed E-state index contributed by atoms with van der Waals surface area (Å²) < 4.78 is 1.92. The predicted octanol–water partition coefficient (Wildman–Crippen LogP) is 3.63. The van der Waals surface area contributed by atoms with Gasteiger partial charge in [0.25, 0.3) is 0 Å². The summed E-state index contributed by atoms with van der Waals surface area (Å²) in [7, 11) is 1.93. The van der Waals surface area contributed by atoms with E-state index in [0.717, 1.165) is 4.80 Å². The smallest absolute Gasteiger partial charge is 0.189 e. The lowest BCUT2D eigenvalue weighted by molar-refractivity contribution is 0.874. The molecule has 0 aliphatic heterocycles. The molecule has 0 unspecified atom stereocenters. The van der Waals surface area contributed by atoms with E-state index in [9.17, 15) is 0 Å². The van der Waals surface area contributed by atoms with E-state index in [1.165, 1.54) is 0 Å². The number of thiazole rings is 1. The van der Waals surface area contributed by atoms with Gasteiger partial charge in [0.15, 0.2) is 4.80 Å². The summed E-state index contributed by atoms with van der Waals surface area (Å²) in [6.07, 6.45) is 1.94. The summed E-state index contributed by atoms with van der Waals surface area (Å²) in [6.45, 7) is 0. The highest BCUT2D eigenvalue weighted by atomic mass is 35.5. The van der Waals surface area contributed by atoms with Crippen molar-refractivity contribution in [3.8, 4) is 0 Å². The summed E-state index contributed by atoms with van der Waals surface area (Å²) in [5, 5.41) is 3.09. The molecule has 0 saturated carbocycles. The van der Waals surface area contributed by atoms with Crippen molar-refractivity contribution >= 4 is 40.2 Å². The third-order valence-electron chi connectivity index (χ3n) is 1.90. The van der Waals surface area contributed by atoms with E-state index in [1.807, 2.05) is 23.2 Å². The van der Waals surface area contributed by atoms with Crippen LogP contribution in [-0.4, -0.2) is 4.57 Å². The van der Waals surface area contributed by atoms with Gasteiger partial charge in [0.05, 0.1) is 10.0 Å². The molecule has 0 N–H and O–H groups in total. The van der Waals surface area contributed by atoms with Crippen LogP contribution >= 0.6 is 34.5 Å². The molecular formula is C10H8Cl2N2S. The Morgan fingerprint density at radius 2 is 1.93 bits per heavy atom. The minimum absolute atomic E-state index is 0.566. The summed E-state index contributed by atoms with van der Waals surface area (Å²) in [6, 6.07) is 5.36. The van der Waals surface area contributed by atoms with E-state index in [1.54, 1.807) is 29.5 Å². The molecular weight excluding hydrogens is 251 g/mol. The maximum atomic E-state index is 6.02. The van der Waals surface area contributed by atoms with Gasteiger partial charge >= 0.3 is 0 Å². The molecule has 0 bridgehead atoms. The fourth-order valence-corrected chi connectivity index (χ4v) is 2.34. The number of aryl methyl sites for hydroxylation is 1. The van der Waals surface area contributed by atoms with Crippen LogP contribution in [0, 0.1) is 0 Å². The molecule has 0 aliphatic rings. The molecule has 2 rings (SSSR count). The number of nitrogens with zero attached hydrogens (tertiary/aromatic N) is 2. The highest BCUT2D eigenvalue weighted by molar-refractivity contribution is 7.07. The molecule has 2 nitrogen and oxygen atoms in total. The summed E-state index contributed by atoms with van der Waals surface area (Å²) in [4.78, 5) is 5.28.